The van der Waals surface area contributed by atoms with Crippen LogP contribution in [0.3, 0.4) is 0 Å². The van der Waals surface area contributed by atoms with E-state index in [-0.39, 0.29) is 18.2 Å². The fourth-order valence-corrected chi connectivity index (χ4v) is 1.20. The summed E-state index contributed by atoms with van der Waals surface area (Å²) in [5.41, 5.74) is 0. The normalized spacial score (nSPS) is 36.2. The van der Waals surface area contributed by atoms with E-state index < -0.39 is 6.10 Å². The van der Waals surface area contributed by atoms with Crippen molar-refractivity contribution in [2.75, 3.05) is 6.61 Å². The van der Waals surface area contributed by atoms with Gasteiger partial charge in [-0.1, -0.05) is 0 Å². The van der Waals surface area contributed by atoms with Gasteiger partial charge in [-0.3, -0.25) is 0 Å². The van der Waals surface area contributed by atoms with Gasteiger partial charge < -0.3 is 14.6 Å². The molecule has 3 atom stereocenters. The molecular formula is C8H15BO3. The lowest BCUT2D eigenvalue weighted by atomic mass is 9.96. The molecule has 0 bridgehead atoms. The number of hydrogen-bond acceptors (Lipinski definition) is 3. The molecule has 3 nitrogen and oxygen atoms in total. The highest BCUT2D eigenvalue weighted by Gasteiger charge is 2.30. The smallest absolute Gasteiger partial charge is 0.109 e. The minimum absolute atomic E-state index is 0.164. The van der Waals surface area contributed by atoms with Crippen LogP contribution in [0.25, 0.3) is 0 Å². The Bertz CT molecular complexity index is 140. The second-order valence-corrected chi connectivity index (χ2v) is 3.40. The minimum Gasteiger partial charge on any atom is -0.390 e. The third-order valence-electron chi connectivity index (χ3n) is 1.85. The van der Waals surface area contributed by atoms with Gasteiger partial charge in [-0.15, -0.1) is 0 Å². The Morgan fingerprint density at radius 1 is 1.67 bits per heavy atom. The third kappa shape index (κ3) is 2.77. The largest absolute Gasteiger partial charge is 0.390 e. The van der Waals surface area contributed by atoms with Gasteiger partial charge in [-0.05, 0) is 20.3 Å². The van der Waals surface area contributed by atoms with E-state index in [0.29, 0.717) is 13.0 Å². The molecule has 2 radical (unpaired) electrons. The molecule has 0 amide bonds. The maximum absolute atomic E-state index is 9.39. The number of ether oxygens (including phenoxy) is 2. The van der Waals surface area contributed by atoms with Gasteiger partial charge in [-0.2, -0.15) is 0 Å². The molecule has 0 aromatic rings. The number of aliphatic hydroxyl groups is 1. The number of rotatable bonds is 3. The average molecular weight is 170 g/mol. The first-order chi connectivity index (χ1) is 5.59. The highest BCUT2D eigenvalue weighted by molar-refractivity contribution is 6.11. The Balaban J connectivity index is 2.23. The molecule has 1 heterocycles. The van der Waals surface area contributed by atoms with Crippen molar-refractivity contribution in [1.29, 1.82) is 0 Å². The molecule has 1 saturated heterocycles. The lowest BCUT2D eigenvalue weighted by Gasteiger charge is -2.16. The standard InChI is InChI=1S/C8H15BO3/c1-5(2)11-4-7-6(10)3-8(9)12-7/h5-8,10H,3-4H2,1-2H3/t6-,7-,8-/m1/s1. The topological polar surface area (TPSA) is 38.7 Å². The van der Waals surface area contributed by atoms with E-state index >= 15 is 0 Å². The molecule has 1 aliphatic rings. The SMILES string of the molecule is [B][C@H]1C[C@@H](O)[C@@H](COC(C)C)O1. The maximum Gasteiger partial charge on any atom is 0.109 e. The van der Waals surface area contributed by atoms with E-state index in [1.807, 2.05) is 13.8 Å². The third-order valence-corrected chi connectivity index (χ3v) is 1.85. The Hall–Kier alpha value is -0.0551. The van der Waals surface area contributed by atoms with Crippen LogP contribution < -0.4 is 0 Å². The molecule has 4 heteroatoms. The lowest BCUT2D eigenvalue weighted by Crippen LogP contribution is -2.28. The predicted molar refractivity (Wildman–Crippen MR) is 46.1 cm³/mol. The van der Waals surface area contributed by atoms with Crippen LogP contribution in [-0.2, 0) is 9.47 Å². The molecule has 1 N–H and O–H groups in total. The van der Waals surface area contributed by atoms with Crippen molar-refractivity contribution >= 4 is 7.85 Å². The summed E-state index contributed by atoms with van der Waals surface area (Å²) in [4.78, 5) is 0. The molecule has 12 heavy (non-hydrogen) atoms. The summed E-state index contributed by atoms with van der Waals surface area (Å²) in [6.45, 7) is 4.31. The summed E-state index contributed by atoms with van der Waals surface area (Å²) in [6.07, 6.45) is -0.0506. The van der Waals surface area contributed by atoms with Gasteiger partial charge in [0.2, 0.25) is 0 Å². The van der Waals surface area contributed by atoms with Crippen molar-refractivity contribution in [3.05, 3.63) is 0 Å². The highest BCUT2D eigenvalue weighted by Crippen LogP contribution is 2.18. The maximum atomic E-state index is 9.39. The summed E-state index contributed by atoms with van der Waals surface area (Å²) < 4.78 is 10.5. The van der Waals surface area contributed by atoms with Crippen molar-refractivity contribution in [1.82, 2.24) is 0 Å². The summed E-state index contributed by atoms with van der Waals surface area (Å²) in [5.74, 6) is 0. The van der Waals surface area contributed by atoms with Crippen LogP contribution in [0, 0.1) is 0 Å². The minimum atomic E-state index is -0.473. The molecule has 0 aromatic heterocycles. The van der Waals surface area contributed by atoms with Gasteiger partial charge in [0.25, 0.3) is 0 Å². The molecule has 0 spiro atoms. The van der Waals surface area contributed by atoms with Crippen LogP contribution in [0.5, 0.6) is 0 Å². The summed E-state index contributed by atoms with van der Waals surface area (Å²) in [5, 5.41) is 9.39. The van der Waals surface area contributed by atoms with Gasteiger partial charge in [0.05, 0.1) is 18.8 Å². The van der Waals surface area contributed by atoms with Gasteiger partial charge >= 0.3 is 0 Å². The molecule has 0 saturated carbocycles. The van der Waals surface area contributed by atoms with Crippen LogP contribution in [0.15, 0.2) is 0 Å². The first kappa shape index (κ1) is 10.0. The fraction of sp³-hybridized carbons (Fsp3) is 1.00. The van der Waals surface area contributed by atoms with Crippen LogP contribution in [0.1, 0.15) is 20.3 Å². The molecule has 0 unspecified atom stereocenters. The zero-order valence-corrected chi connectivity index (χ0v) is 7.56. The Morgan fingerprint density at radius 3 is 2.75 bits per heavy atom. The summed E-state index contributed by atoms with van der Waals surface area (Å²) in [7, 11) is 5.48. The molecule has 1 aliphatic heterocycles. The van der Waals surface area contributed by atoms with Crippen molar-refractivity contribution < 1.29 is 14.6 Å². The number of hydrogen-bond donors (Lipinski definition) is 1. The fourth-order valence-electron chi connectivity index (χ4n) is 1.20. The zero-order chi connectivity index (χ0) is 9.14. The van der Waals surface area contributed by atoms with E-state index in [9.17, 15) is 5.11 Å². The van der Waals surface area contributed by atoms with Crippen LogP contribution >= 0.6 is 0 Å². The molecule has 0 aliphatic carbocycles. The van der Waals surface area contributed by atoms with Crippen LogP contribution in [0.4, 0.5) is 0 Å². The van der Waals surface area contributed by atoms with Gasteiger partial charge in [-0.25, -0.2) is 0 Å². The van der Waals surface area contributed by atoms with E-state index in [1.54, 1.807) is 0 Å². The molecule has 68 valence electrons. The van der Waals surface area contributed by atoms with Gasteiger partial charge in [0, 0.05) is 6.00 Å². The first-order valence-electron chi connectivity index (χ1n) is 4.30. The monoisotopic (exact) mass is 170 g/mol. The lowest BCUT2D eigenvalue weighted by molar-refractivity contribution is -0.0467. The summed E-state index contributed by atoms with van der Waals surface area (Å²) in [6, 6.07) is -0.333. The van der Waals surface area contributed by atoms with Crippen molar-refractivity contribution in [3.63, 3.8) is 0 Å². The van der Waals surface area contributed by atoms with Crippen molar-refractivity contribution in [2.45, 2.75) is 44.6 Å². The van der Waals surface area contributed by atoms with Gasteiger partial charge in [0.1, 0.15) is 14.0 Å². The van der Waals surface area contributed by atoms with E-state index in [0.717, 1.165) is 0 Å². The zero-order valence-electron chi connectivity index (χ0n) is 7.56. The first-order valence-corrected chi connectivity index (χ1v) is 4.30. The van der Waals surface area contributed by atoms with Gasteiger partial charge in [0.15, 0.2) is 0 Å². The molecular weight excluding hydrogens is 155 g/mol. The average Bonchev–Trinajstić information content (AvgIpc) is 2.26. The molecule has 1 rings (SSSR count). The second kappa shape index (κ2) is 4.26. The molecule has 0 aromatic carbocycles. The highest BCUT2D eigenvalue weighted by atomic mass is 16.6. The van der Waals surface area contributed by atoms with Crippen molar-refractivity contribution in [3.8, 4) is 0 Å². The van der Waals surface area contributed by atoms with Crippen LogP contribution in [-0.4, -0.2) is 43.9 Å². The second-order valence-electron chi connectivity index (χ2n) is 3.40. The quantitative estimate of drug-likeness (QED) is 0.608. The molecule has 1 fully saturated rings. The predicted octanol–water partition coefficient (Wildman–Crippen LogP) is 0.0558. The van der Waals surface area contributed by atoms with E-state index in [1.165, 1.54) is 0 Å². The van der Waals surface area contributed by atoms with Crippen LogP contribution in [0.2, 0.25) is 0 Å². The Kier molecular flexibility index (Phi) is 3.56. The number of aliphatic hydroxyl groups excluding tert-OH is 1. The Morgan fingerprint density at radius 2 is 2.33 bits per heavy atom. The van der Waals surface area contributed by atoms with Crippen molar-refractivity contribution in [2.24, 2.45) is 0 Å². The van der Waals surface area contributed by atoms with E-state index in [2.05, 4.69) is 0 Å². The van der Waals surface area contributed by atoms with E-state index in [4.69, 9.17) is 17.3 Å². The Labute approximate surface area is 74.5 Å². The summed E-state index contributed by atoms with van der Waals surface area (Å²) >= 11 is 0.